The number of benzene rings is 2. The molecular weight excluding hydrogens is 462 g/mol. The Balaban J connectivity index is 1.41. The first kappa shape index (κ1) is 24.1. The van der Waals surface area contributed by atoms with E-state index in [1.54, 1.807) is 0 Å². The number of pyridine rings is 1. The lowest BCUT2D eigenvalue weighted by atomic mass is 9.96. The Labute approximate surface area is 219 Å². The number of nitrogens with one attached hydrogen (secondary N) is 2. The van der Waals surface area contributed by atoms with Gasteiger partial charge < -0.3 is 20.1 Å². The third-order valence-corrected chi connectivity index (χ3v) is 7.34. The highest BCUT2D eigenvalue weighted by Crippen LogP contribution is 2.41. The SMILES string of the molecule is Cc1cc(C2C(c3ccccn3)NC(=S)N2CCCNc2ccccc2)c(C)n1Cc1ccccc1. The highest BCUT2D eigenvalue weighted by atomic mass is 32.1. The Kier molecular flexibility index (Phi) is 7.33. The lowest BCUT2D eigenvalue weighted by molar-refractivity contribution is 0.315. The first-order valence-electron chi connectivity index (χ1n) is 12.6. The second kappa shape index (κ2) is 11.0. The number of rotatable bonds is 9. The second-order valence-corrected chi connectivity index (χ2v) is 9.75. The molecule has 1 saturated heterocycles. The van der Waals surface area contributed by atoms with Gasteiger partial charge in [-0.25, -0.2) is 0 Å². The molecule has 5 nitrogen and oxygen atoms in total. The molecule has 0 spiro atoms. The first-order chi connectivity index (χ1) is 17.6. The molecule has 2 atom stereocenters. The van der Waals surface area contributed by atoms with Gasteiger partial charge in [0.2, 0.25) is 0 Å². The van der Waals surface area contributed by atoms with E-state index in [1.807, 2.05) is 18.3 Å². The summed E-state index contributed by atoms with van der Waals surface area (Å²) in [5.41, 5.74) is 7.31. The third kappa shape index (κ3) is 5.14. The van der Waals surface area contributed by atoms with Gasteiger partial charge in [-0.15, -0.1) is 0 Å². The molecule has 0 radical (unpaired) electrons. The summed E-state index contributed by atoms with van der Waals surface area (Å²) in [5, 5.41) is 7.92. The van der Waals surface area contributed by atoms with E-state index in [9.17, 15) is 0 Å². The number of aryl methyl sites for hydroxylation is 1. The Hall–Kier alpha value is -3.64. The standard InChI is InChI=1S/C30H33N5S/c1-22-20-26(23(2)35(22)21-24-12-5-3-6-13-24)29-28(27-16-9-10-17-32-27)33-30(36)34(29)19-11-18-31-25-14-7-4-8-15-25/h3-10,12-17,20,28-29,31H,11,18-19,21H2,1-2H3,(H,33,36). The van der Waals surface area contributed by atoms with Crippen molar-refractivity contribution < 1.29 is 0 Å². The quantitative estimate of drug-likeness (QED) is 0.220. The monoisotopic (exact) mass is 495 g/mol. The first-order valence-corrected chi connectivity index (χ1v) is 13.0. The molecule has 0 aliphatic carbocycles. The molecule has 0 bridgehead atoms. The van der Waals surface area contributed by atoms with E-state index in [0.29, 0.717) is 0 Å². The van der Waals surface area contributed by atoms with Crippen molar-refractivity contribution in [3.05, 3.63) is 119 Å². The maximum absolute atomic E-state index is 5.89. The molecular formula is C30H33N5S. The molecule has 2 aromatic heterocycles. The molecule has 0 saturated carbocycles. The fraction of sp³-hybridized carbons (Fsp3) is 0.267. The summed E-state index contributed by atoms with van der Waals surface area (Å²) in [6.07, 6.45) is 2.84. The molecule has 1 aliphatic rings. The molecule has 2 unspecified atom stereocenters. The molecule has 1 aliphatic heterocycles. The van der Waals surface area contributed by atoms with Crippen LogP contribution in [0.4, 0.5) is 5.69 Å². The predicted octanol–water partition coefficient (Wildman–Crippen LogP) is 6.02. The Morgan fingerprint density at radius 1 is 0.944 bits per heavy atom. The zero-order chi connectivity index (χ0) is 24.9. The normalized spacial score (nSPS) is 17.3. The number of para-hydroxylation sites is 1. The summed E-state index contributed by atoms with van der Waals surface area (Å²) in [6.45, 7) is 7.04. The lowest BCUT2D eigenvalue weighted by Gasteiger charge is -2.28. The number of nitrogens with zero attached hydrogens (tertiary/aromatic N) is 3. The fourth-order valence-corrected chi connectivity index (χ4v) is 5.49. The molecule has 1 fully saturated rings. The smallest absolute Gasteiger partial charge is 0.170 e. The van der Waals surface area contributed by atoms with E-state index in [4.69, 9.17) is 17.2 Å². The van der Waals surface area contributed by atoms with Crippen molar-refractivity contribution in [2.75, 3.05) is 18.4 Å². The van der Waals surface area contributed by atoms with E-state index >= 15 is 0 Å². The molecule has 2 aromatic carbocycles. The van der Waals surface area contributed by atoms with Gasteiger partial charge in [-0.05, 0) is 73.9 Å². The zero-order valence-electron chi connectivity index (χ0n) is 20.9. The topological polar surface area (TPSA) is 45.1 Å². The molecule has 5 rings (SSSR count). The predicted molar refractivity (Wildman–Crippen MR) is 151 cm³/mol. The van der Waals surface area contributed by atoms with E-state index in [1.165, 1.54) is 22.5 Å². The van der Waals surface area contributed by atoms with Crippen LogP contribution in [0.1, 0.15) is 46.7 Å². The van der Waals surface area contributed by atoms with Crippen LogP contribution in [0.3, 0.4) is 0 Å². The van der Waals surface area contributed by atoms with Gasteiger partial charge >= 0.3 is 0 Å². The van der Waals surface area contributed by atoms with E-state index < -0.39 is 0 Å². The van der Waals surface area contributed by atoms with Crippen LogP contribution in [0, 0.1) is 13.8 Å². The average Bonchev–Trinajstić information content (AvgIpc) is 3.38. The van der Waals surface area contributed by atoms with Gasteiger partial charge in [-0.2, -0.15) is 0 Å². The maximum Gasteiger partial charge on any atom is 0.170 e. The van der Waals surface area contributed by atoms with Gasteiger partial charge in [0.1, 0.15) is 0 Å². The second-order valence-electron chi connectivity index (χ2n) is 9.36. The number of hydrogen-bond acceptors (Lipinski definition) is 3. The van der Waals surface area contributed by atoms with Crippen molar-refractivity contribution >= 4 is 23.0 Å². The molecule has 6 heteroatoms. The average molecular weight is 496 g/mol. The molecule has 3 heterocycles. The highest BCUT2D eigenvalue weighted by molar-refractivity contribution is 7.80. The number of hydrogen-bond donors (Lipinski definition) is 2. The van der Waals surface area contributed by atoms with Crippen LogP contribution in [0.15, 0.2) is 91.1 Å². The molecule has 2 N–H and O–H groups in total. The van der Waals surface area contributed by atoms with Gasteiger partial charge in [-0.1, -0.05) is 54.6 Å². The van der Waals surface area contributed by atoms with Crippen LogP contribution in [-0.4, -0.2) is 32.7 Å². The largest absolute Gasteiger partial charge is 0.385 e. The summed E-state index contributed by atoms with van der Waals surface area (Å²) in [4.78, 5) is 7.06. The van der Waals surface area contributed by atoms with Crippen LogP contribution < -0.4 is 10.6 Å². The van der Waals surface area contributed by atoms with Gasteiger partial charge in [0, 0.05) is 42.9 Å². The van der Waals surface area contributed by atoms with Crippen LogP contribution in [-0.2, 0) is 6.54 Å². The van der Waals surface area contributed by atoms with E-state index in [2.05, 4.69) is 107 Å². The minimum atomic E-state index is 0.00598. The summed E-state index contributed by atoms with van der Waals surface area (Å²) in [6, 6.07) is 29.5. The van der Waals surface area contributed by atoms with Crippen molar-refractivity contribution in [3.63, 3.8) is 0 Å². The minimum Gasteiger partial charge on any atom is -0.385 e. The Morgan fingerprint density at radius 3 is 2.39 bits per heavy atom. The molecule has 36 heavy (non-hydrogen) atoms. The summed E-state index contributed by atoms with van der Waals surface area (Å²) < 4.78 is 2.41. The van der Waals surface area contributed by atoms with Gasteiger partial charge in [0.25, 0.3) is 0 Å². The van der Waals surface area contributed by atoms with Gasteiger partial charge in [0.15, 0.2) is 5.11 Å². The van der Waals surface area contributed by atoms with Crippen LogP contribution in [0.25, 0.3) is 0 Å². The summed E-state index contributed by atoms with van der Waals surface area (Å²) >= 11 is 5.89. The molecule has 0 amide bonds. The zero-order valence-corrected chi connectivity index (χ0v) is 21.7. The molecule has 4 aromatic rings. The number of thiocarbonyl (C=S) groups is 1. The van der Waals surface area contributed by atoms with Gasteiger partial charge in [0.05, 0.1) is 17.8 Å². The Morgan fingerprint density at radius 2 is 1.67 bits per heavy atom. The maximum atomic E-state index is 5.89. The van der Waals surface area contributed by atoms with E-state index in [0.717, 1.165) is 42.5 Å². The molecule has 184 valence electrons. The van der Waals surface area contributed by atoms with Crippen molar-refractivity contribution in [3.8, 4) is 0 Å². The number of aromatic nitrogens is 2. The van der Waals surface area contributed by atoms with Crippen LogP contribution >= 0.6 is 12.2 Å². The van der Waals surface area contributed by atoms with E-state index in [-0.39, 0.29) is 12.1 Å². The van der Waals surface area contributed by atoms with Crippen molar-refractivity contribution in [2.45, 2.75) is 38.9 Å². The highest BCUT2D eigenvalue weighted by Gasteiger charge is 2.41. The van der Waals surface area contributed by atoms with Crippen LogP contribution in [0.2, 0.25) is 0 Å². The van der Waals surface area contributed by atoms with Crippen molar-refractivity contribution in [2.24, 2.45) is 0 Å². The van der Waals surface area contributed by atoms with Crippen molar-refractivity contribution in [1.82, 2.24) is 19.8 Å². The van der Waals surface area contributed by atoms with Crippen molar-refractivity contribution in [1.29, 1.82) is 0 Å². The van der Waals surface area contributed by atoms with Gasteiger partial charge in [-0.3, -0.25) is 4.98 Å². The third-order valence-electron chi connectivity index (χ3n) is 6.99. The van der Waals surface area contributed by atoms with Crippen LogP contribution in [0.5, 0.6) is 0 Å². The number of anilines is 1. The summed E-state index contributed by atoms with van der Waals surface area (Å²) in [5.74, 6) is 0. The minimum absolute atomic E-state index is 0.00598. The fourth-order valence-electron chi connectivity index (χ4n) is 5.16. The summed E-state index contributed by atoms with van der Waals surface area (Å²) in [7, 11) is 0. The lowest BCUT2D eigenvalue weighted by Crippen LogP contribution is -2.31. The Bertz CT molecular complexity index is 1290.